The van der Waals surface area contributed by atoms with Crippen LogP contribution in [0, 0.1) is 0 Å². The van der Waals surface area contributed by atoms with Gasteiger partial charge < -0.3 is 5.32 Å². The van der Waals surface area contributed by atoms with Gasteiger partial charge in [-0.05, 0) is 17.7 Å². The molecule has 0 bridgehead atoms. The molecule has 0 radical (unpaired) electrons. The molecular formula is C20H18N6O2. The number of imidazole rings is 1. The third-order valence-corrected chi connectivity index (χ3v) is 4.37. The highest BCUT2D eigenvalue weighted by atomic mass is 16.2. The van der Waals surface area contributed by atoms with E-state index in [-0.39, 0.29) is 23.8 Å². The number of hydrogen-bond acceptors (Lipinski definition) is 5. The SMILES string of the molecule is O=C(NCCn1c(=O)n(Cc2ccccc2)c2cccnc21)c1cnccn1. The Kier molecular flexibility index (Phi) is 4.92. The first kappa shape index (κ1) is 17.6. The van der Waals surface area contributed by atoms with Crippen LogP contribution in [0.1, 0.15) is 16.1 Å². The molecule has 1 aromatic carbocycles. The van der Waals surface area contributed by atoms with Crippen molar-refractivity contribution in [2.24, 2.45) is 0 Å². The van der Waals surface area contributed by atoms with Gasteiger partial charge in [0.2, 0.25) is 0 Å². The standard InChI is InChI=1S/C20H18N6O2/c27-19(16-13-21-9-10-22-16)24-11-12-25-18-17(7-4-8-23-18)26(20(25)28)14-15-5-2-1-3-6-15/h1-10,13H,11-12,14H2,(H,24,27). The van der Waals surface area contributed by atoms with Crippen LogP contribution < -0.4 is 11.0 Å². The molecule has 0 atom stereocenters. The molecule has 28 heavy (non-hydrogen) atoms. The second-order valence-corrected chi connectivity index (χ2v) is 6.20. The molecule has 3 heterocycles. The smallest absolute Gasteiger partial charge is 0.330 e. The lowest BCUT2D eigenvalue weighted by molar-refractivity contribution is 0.0947. The van der Waals surface area contributed by atoms with E-state index < -0.39 is 0 Å². The molecule has 0 saturated carbocycles. The summed E-state index contributed by atoms with van der Waals surface area (Å²) in [7, 11) is 0. The monoisotopic (exact) mass is 374 g/mol. The van der Waals surface area contributed by atoms with Gasteiger partial charge in [-0.2, -0.15) is 0 Å². The zero-order valence-electron chi connectivity index (χ0n) is 15.0. The van der Waals surface area contributed by atoms with Crippen molar-refractivity contribution in [3.05, 3.63) is 89.0 Å². The maximum Gasteiger partial charge on any atom is 0.330 e. The third kappa shape index (κ3) is 3.52. The molecule has 8 heteroatoms. The minimum absolute atomic E-state index is 0.161. The Hall–Kier alpha value is -3.81. The fourth-order valence-corrected chi connectivity index (χ4v) is 3.05. The first-order valence-corrected chi connectivity index (χ1v) is 8.86. The number of carbonyl (C=O) groups excluding carboxylic acids is 1. The summed E-state index contributed by atoms with van der Waals surface area (Å²) in [5.74, 6) is -0.331. The number of amides is 1. The quantitative estimate of drug-likeness (QED) is 0.551. The predicted octanol–water partition coefficient (Wildman–Crippen LogP) is 1.47. The van der Waals surface area contributed by atoms with E-state index in [9.17, 15) is 9.59 Å². The molecule has 0 spiro atoms. The number of rotatable bonds is 6. The summed E-state index contributed by atoms with van der Waals surface area (Å²) < 4.78 is 3.28. The maximum atomic E-state index is 13.0. The van der Waals surface area contributed by atoms with Gasteiger partial charge in [0.1, 0.15) is 5.69 Å². The van der Waals surface area contributed by atoms with Gasteiger partial charge in [-0.1, -0.05) is 30.3 Å². The Bertz CT molecular complexity index is 1150. The molecule has 0 aliphatic heterocycles. The summed E-state index contributed by atoms with van der Waals surface area (Å²) >= 11 is 0. The second kappa shape index (κ2) is 7.83. The molecule has 0 unspecified atom stereocenters. The van der Waals surface area contributed by atoms with Crippen molar-refractivity contribution in [2.75, 3.05) is 6.54 Å². The highest BCUT2D eigenvalue weighted by Crippen LogP contribution is 2.12. The lowest BCUT2D eigenvalue weighted by Crippen LogP contribution is -2.32. The van der Waals surface area contributed by atoms with Crippen LogP contribution in [0.3, 0.4) is 0 Å². The van der Waals surface area contributed by atoms with E-state index in [0.717, 1.165) is 11.1 Å². The van der Waals surface area contributed by atoms with E-state index in [4.69, 9.17) is 0 Å². The molecule has 4 aromatic rings. The molecule has 8 nitrogen and oxygen atoms in total. The normalized spacial score (nSPS) is 10.9. The van der Waals surface area contributed by atoms with Crippen LogP contribution in [0.4, 0.5) is 0 Å². The van der Waals surface area contributed by atoms with Crippen LogP contribution in [0.2, 0.25) is 0 Å². The molecule has 0 fully saturated rings. The summed E-state index contributed by atoms with van der Waals surface area (Å²) in [6.07, 6.45) is 6.02. The fourth-order valence-electron chi connectivity index (χ4n) is 3.05. The summed E-state index contributed by atoms with van der Waals surface area (Å²) in [5, 5.41) is 2.76. The van der Waals surface area contributed by atoms with E-state index in [2.05, 4.69) is 20.3 Å². The average molecular weight is 374 g/mol. The van der Waals surface area contributed by atoms with Crippen LogP contribution in [0.5, 0.6) is 0 Å². The van der Waals surface area contributed by atoms with Crippen LogP contribution in [-0.2, 0) is 13.1 Å². The minimum Gasteiger partial charge on any atom is -0.349 e. The molecular weight excluding hydrogens is 356 g/mol. The van der Waals surface area contributed by atoms with E-state index in [1.807, 2.05) is 42.5 Å². The van der Waals surface area contributed by atoms with E-state index in [1.165, 1.54) is 18.6 Å². The molecule has 0 aliphatic carbocycles. The number of nitrogens with one attached hydrogen (secondary N) is 1. The topological polar surface area (TPSA) is 94.7 Å². The molecule has 1 N–H and O–H groups in total. The summed E-state index contributed by atoms with van der Waals surface area (Å²) in [5.41, 5.74) is 2.46. The minimum atomic E-state index is -0.331. The number of fused-ring (bicyclic) bond motifs is 1. The van der Waals surface area contributed by atoms with Crippen LogP contribution >= 0.6 is 0 Å². The van der Waals surface area contributed by atoms with E-state index in [0.29, 0.717) is 18.7 Å². The Morgan fingerprint density at radius 1 is 0.964 bits per heavy atom. The highest BCUT2D eigenvalue weighted by molar-refractivity contribution is 5.91. The van der Waals surface area contributed by atoms with E-state index in [1.54, 1.807) is 15.3 Å². The van der Waals surface area contributed by atoms with Crippen LogP contribution in [-0.4, -0.2) is 36.5 Å². The largest absolute Gasteiger partial charge is 0.349 e. The lowest BCUT2D eigenvalue weighted by Gasteiger charge is -2.05. The van der Waals surface area contributed by atoms with Gasteiger partial charge in [0.05, 0.1) is 18.3 Å². The molecule has 0 aliphatic rings. The number of carbonyl (C=O) groups is 1. The predicted molar refractivity (Wildman–Crippen MR) is 104 cm³/mol. The van der Waals surface area contributed by atoms with Gasteiger partial charge in [-0.15, -0.1) is 0 Å². The van der Waals surface area contributed by atoms with Gasteiger partial charge in [-0.25, -0.2) is 14.8 Å². The summed E-state index contributed by atoms with van der Waals surface area (Å²) in [4.78, 5) is 37.3. The zero-order valence-corrected chi connectivity index (χ0v) is 15.0. The number of nitrogens with zero attached hydrogens (tertiary/aromatic N) is 5. The molecule has 3 aromatic heterocycles. The van der Waals surface area contributed by atoms with Crippen molar-refractivity contribution in [3.63, 3.8) is 0 Å². The number of benzene rings is 1. The Labute approximate surface area is 160 Å². The van der Waals surface area contributed by atoms with Gasteiger partial charge >= 0.3 is 5.69 Å². The van der Waals surface area contributed by atoms with Crippen molar-refractivity contribution < 1.29 is 4.79 Å². The Morgan fingerprint density at radius 3 is 2.61 bits per heavy atom. The van der Waals surface area contributed by atoms with Crippen molar-refractivity contribution in [2.45, 2.75) is 13.1 Å². The molecule has 1 amide bonds. The van der Waals surface area contributed by atoms with Crippen molar-refractivity contribution in [1.29, 1.82) is 0 Å². The van der Waals surface area contributed by atoms with E-state index >= 15 is 0 Å². The van der Waals surface area contributed by atoms with Crippen molar-refractivity contribution in [3.8, 4) is 0 Å². The van der Waals surface area contributed by atoms with Gasteiger partial charge in [0.25, 0.3) is 5.91 Å². The Balaban J connectivity index is 1.56. The molecule has 4 rings (SSSR count). The second-order valence-electron chi connectivity index (χ2n) is 6.20. The third-order valence-electron chi connectivity index (χ3n) is 4.37. The lowest BCUT2D eigenvalue weighted by atomic mass is 10.2. The fraction of sp³-hybridized carbons (Fsp3) is 0.150. The summed E-state index contributed by atoms with van der Waals surface area (Å²) in [6.45, 7) is 1.04. The van der Waals surface area contributed by atoms with Crippen LogP contribution in [0.15, 0.2) is 72.0 Å². The number of aromatic nitrogens is 5. The van der Waals surface area contributed by atoms with Gasteiger partial charge in [0.15, 0.2) is 5.65 Å². The zero-order chi connectivity index (χ0) is 19.3. The first-order valence-electron chi connectivity index (χ1n) is 8.86. The first-order chi connectivity index (χ1) is 13.7. The summed E-state index contributed by atoms with van der Waals surface area (Å²) in [6, 6.07) is 13.5. The van der Waals surface area contributed by atoms with Crippen molar-refractivity contribution in [1.82, 2.24) is 29.4 Å². The maximum absolute atomic E-state index is 13.0. The number of hydrogen-bond donors (Lipinski definition) is 1. The van der Waals surface area contributed by atoms with Gasteiger partial charge in [0, 0.05) is 31.7 Å². The number of pyridine rings is 1. The highest BCUT2D eigenvalue weighted by Gasteiger charge is 2.14. The molecule has 140 valence electrons. The van der Waals surface area contributed by atoms with Crippen LogP contribution in [0.25, 0.3) is 11.2 Å². The van der Waals surface area contributed by atoms with Crippen molar-refractivity contribution >= 4 is 17.1 Å². The Morgan fingerprint density at radius 2 is 1.82 bits per heavy atom. The van der Waals surface area contributed by atoms with Gasteiger partial charge in [-0.3, -0.25) is 18.9 Å². The average Bonchev–Trinajstić information content (AvgIpc) is 3.01. The molecule has 0 saturated heterocycles.